The molecule has 0 heterocycles. The van der Waals surface area contributed by atoms with Gasteiger partial charge in [-0.25, -0.2) is 0 Å². The van der Waals surface area contributed by atoms with Crippen molar-refractivity contribution in [3.05, 3.63) is 283 Å². The van der Waals surface area contributed by atoms with E-state index < -0.39 is 0 Å². The van der Waals surface area contributed by atoms with E-state index in [-0.39, 0.29) is 0 Å². The van der Waals surface area contributed by atoms with Crippen LogP contribution in [0, 0.1) is 41.5 Å². The Hall–Kier alpha value is -7.28. The molecule has 10 aromatic rings. The van der Waals surface area contributed by atoms with Crippen LogP contribution in [0.5, 0.6) is 0 Å². The van der Waals surface area contributed by atoms with Gasteiger partial charge in [0, 0.05) is 0 Å². The Balaban J connectivity index is 0.000000130. The summed E-state index contributed by atoms with van der Waals surface area (Å²) in [5, 5.41) is 5.71. The SMILES string of the molecule is CC.CC.CC.Cc1ccc(C)cc1.Cc1ccc(C)cc1.Cc1ccc(C)cc1.c1cc2c3c(c1)Cc1cccc(c1-3)C2.c1cc2c3c(c1)Cc1cccc(c1-3)CC2.c1cc2c3c(c1)ccc1cccc(c13)C2. The second-order valence-electron chi connectivity index (χ2n) is 19.6. The third kappa shape index (κ3) is 12.5. The van der Waals surface area contributed by atoms with Crippen LogP contribution in [0.25, 0.3) is 43.8 Å². The first-order valence-electron chi connectivity index (χ1n) is 27.6. The summed E-state index contributed by atoms with van der Waals surface area (Å²) in [7, 11) is 0. The lowest BCUT2D eigenvalue weighted by Crippen LogP contribution is -2.02. The van der Waals surface area contributed by atoms with Crippen LogP contribution in [0.15, 0.2) is 194 Å². The molecule has 0 fully saturated rings. The minimum atomic E-state index is 1.11. The lowest BCUT2D eigenvalue weighted by Gasteiger charge is -2.18. The molecule has 15 rings (SSSR count). The molecule has 0 bridgehead atoms. The van der Waals surface area contributed by atoms with Gasteiger partial charge in [-0.05, 0) is 180 Å². The smallest absolute Gasteiger partial charge is 0.00130 e. The summed E-state index contributed by atoms with van der Waals surface area (Å²) in [6.45, 7) is 24.6. The van der Waals surface area contributed by atoms with Crippen molar-refractivity contribution >= 4 is 21.5 Å². The Morgan fingerprint density at radius 3 is 0.649 bits per heavy atom. The van der Waals surface area contributed by atoms with Gasteiger partial charge in [-0.1, -0.05) is 269 Å². The van der Waals surface area contributed by atoms with Gasteiger partial charge in [-0.3, -0.25) is 0 Å². The van der Waals surface area contributed by atoms with Crippen LogP contribution in [-0.2, 0) is 38.5 Å². The summed E-state index contributed by atoms with van der Waals surface area (Å²) in [6.07, 6.45) is 6.98. The molecule has 0 N–H and O–H groups in total. The number of rotatable bonds is 0. The van der Waals surface area contributed by atoms with E-state index in [4.69, 9.17) is 0 Å². The van der Waals surface area contributed by atoms with E-state index in [1.807, 2.05) is 41.5 Å². The fraction of sp³-hybridized carbons (Fsp3) is 0.243. The molecule has 0 unspecified atom stereocenters. The topological polar surface area (TPSA) is 0 Å². The predicted molar refractivity (Wildman–Crippen MR) is 326 cm³/mol. The van der Waals surface area contributed by atoms with Crippen molar-refractivity contribution in [3.63, 3.8) is 0 Å². The van der Waals surface area contributed by atoms with Crippen molar-refractivity contribution in [1.82, 2.24) is 0 Å². The molecule has 0 aromatic heterocycles. The van der Waals surface area contributed by atoms with Gasteiger partial charge in [0.15, 0.2) is 0 Å². The summed E-state index contributed by atoms with van der Waals surface area (Å²) in [5.41, 5.74) is 29.5. The van der Waals surface area contributed by atoms with Gasteiger partial charge in [0.1, 0.15) is 0 Å². The molecule has 0 spiro atoms. The first-order valence-corrected chi connectivity index (χ1v) is 27.6. The van der Waals surface area contributed by atoms with Crippen molar-refractivity contribution in [2.75, 3.05) is 0 Å². The summed E-state index contributed by atoms with van der Waals surface area (Å²) in [4.78, 5) is 0. The molecule has 0 saturated carbocycles. The number of hydrogen-bond donors (Lipinski definition) is 0. The molecule has 0 atom stereocenters. The molecule has 5 aliphatic carbocycles. The van der Waals surface area contributed by atoms with E-state index in [0.717, 1.165) is 25.7 Å². The minimum absolute atomic E-state index is 1.11. The van der Waals surface area contributed by atoms with Gasteiger partial charge >= 0.3 is 0 Å². The normalized spacial score (nSPS) is 11.7. The fourth-order valence-corrected chi connectivity index (χ4v) is 10.8. The van der Waals surface area contributed by atoms with Gasteiger partial charge < -0.3 is 0 Å². The van der Waals surface area contributed by atoms with Crippen molar-refractivity contribution in [2.45, 2.75) is 122 Å². The summed E-state index contributed by atoms with van der Waals surface area (Å²) in [6, 6.07) is 70.2. The first kappa shape index (κ1) is 54.5. The highest BCUT2D eigenvalue weighted by Crippen LogP contribution is 2.47. The van der Waals surface area contributed by atoms with Crippen LogP contribution in [0.4, 0.5) is 0 Å². The summed E-state index contributed by atoms with van der Waals surface area (Å²) in [5.74, 6) is 0. The van der Waals surface area contributed by atoms with Gasteiger partial charge in [0.2, 0.25) is 0 Å². The predicted octanol–water partition coefficient (Wildman–Crippen LogP) is 20.4. The largest absolute Gasteiger partial charge is 0.0683 e. The van der Waals surface area contributed by atoms with Crippen LogP contribution in [0.2, 0.25) is 0 Å². The van der Waals surface area contributed by atoms with E-state index >= 15 is 0 Å². The molecule has 0 amide bonds. The maximum atomic E-state index is 2.30. The van der Waals surface area contributed by atoms with Gasteiger partial charge in [-0.15, -0.1) is 0 Å². The molecule has 10 aromatic carbocycles. The molecule has 0 radical (unpaired) electrons. The third-order valence-corrected chi connectivity index (χ3v) is 14.3. The lowest BCUT2D eigenvalue weighted by atomic mass is 9.86. The first-order chi connectivity index (χ1) is 36.2. The second-order valence-corrected chi connectivity index (χ2v) is 19.6. The van der Waals surface area contributed by atoms with Crippen molar-refractivity contribution in [3.8, 4) is 22.3 Å². The highest BCUT2D eigenvalue weighted by atomic mass is 14.3. The van der Waals surface area contributed by atoms with Crippen LogP contribution < -0.4 is 0 Å². The fourth-order valence-electron chi connectivity index (χ4n) is 10.8. The standard InChI is InChI=1S/C15H12.C15H10.C14H10.3C8H10.3C2H6/c2*1-3-10-7-8-11-4-2-6-13-9-12(5-1)14(10)15(11)13;1-3-9-7-11-5-2-6-12-8-10(4-1)13(9)14(11)12;3*1-7-3-5-8(2)6-4-7;3*1-2/h1-6H,7-9H2;1-8H,9H2;1-6H,7-8H2;3*3-6H,1-2H3;3*1-2H3. The average Bonchev–Trinajstić information content (AvgIpc) is 4.25. The van der Waals surface area contributed by atoms with Crippen LogP contribution in [-0.4, -0.2) is 0 Å². The Labute approximate surface area is 446 Å². The zero-order valence-corrected chi connectivity index (χ0v) is 46.7. The maximum absolute atomic E-state index is 2.30. The van der Waals surface area contributed by atoms with Crippen LogP contribution >= 0.6 is 0 Å². The van der Waals surface area contributed by atoms with E-state index in [9.17, 15) is 0 Å². The Morgan fingerprint density at radius 1 is 0.203 bits per heavy atom. The van der Waals surface area contributed by atoms with Crippen molar-refractivity contribution < 1.29 is 0 Å². The molecular weight excluding hydrogens is 889 g/mol. The third-order valence-electron chi connectivity index (χ3n) is 14.3. The average molecular weight is 969 g/mol. The number of benzene rings is 10. The minimum Gasteiger partial charge on any atom is -0.0683 e. The number of aryl methyl sites for hydroxylation is 8. The molecular formula is C74H80. The van der Waals surface area contributed by atoms with Crippen LogP contribution in [0.1, 0.15) is 131 Å². The summed E-state index contributed by atoms with van der Waals surface area (Å²) < 4.78 is 0. The molecule has 376 valence electrons. The molecule has 0 heteroatoms. The van der Waals surface area contributed by atoms with E-state index in [1.54, 1.807) is 33.4 Å². The maximum Gasteiger partial charge on any atom is -0.00130 e. The van der Waals surface area contributed by atoms with E-state index in [0.29, 0.717) is 0 Å². The number of hydrogen-bond acceptors (Lipinski definition) is 0. The van der Waals surface area contributed by atoms with Crippen LogP contribution in [0.3, 0.4) is 0 Å². The zero-order chi connectivity index (χ0) is 52.7. The van der Waals surface area contributed by atoms with E-state index in [1.165, 1.54) is 112 Å². The van der Waals surface area contributed by atoms with Crippen molar-refractivity contribution in [1.29, 1.82) is 0 Å². The lowest BCUT2D eigenvalue weighted by molar-refractivity contribution is 0.943. The Bertz CT molecular complexity index is 3050. The molecule has 74 heavy (non-hydrogen) atoms. The monoisotopic (exact) mass is 969 g/mol. The summed E-state index contributed by atoms with van der Waals surface area (Å²) >= 11 is 0. The molecule has 0 aliphatic heterocycles. The van der Waals surface area contributed by atoms with Gasteiger partial charge in [0.05, 0.1) is 0 Å². The van der Waals surface area contributed by atoms with Crippen molar-refractivity contribution in [2.24, 2.45) is 0 Å². The van der Waals surface area contributed by atoms with E-state index in [2.05, 4.69) is 236 Å². The second kappa shape index (κ2) is 26.1. The Kier molecular flexibility index (Phi) is 19.2. The molecule has 5 aliphatic rings. The quantitative estimate of drug-likeness (QED) is 0.133. The molecule has 0 nitrogen and oxygen atoms in total. The molecule has 0 saturated heterocycles. The van der Waals surface area contributed by atoms with Gasteiger partial charge in [-0.2, -0.15) is 0 Å². The highest BCUT2D eigenvalue weighted by Gasteiger charge is 2.29. The Morgan fingerprint density at radius 2 is 0.392 bits per heavy atom. The highest BCUT2D eigenvalue weighted by molar-refractivity contribution is 6.13. The van der Waals surface area contributed by atoms with Gasteiger partial charge in [0.25, 0.3) is 0 Å². The zero-order valence-electron chi connectivity index (χ0n) is 46.7.